The van der Waals surface area contributed by atoms with Gasteiger partial charge in [0.1, 0.15) is 0 Å². The number of allylic oxidation sites excluding steroid dienone is 6. The molecule has 9 heteroatoms. The Morgan fingerprint density at radius 3 is 1.24 bits per heavy atom. The predicted octanol–water partition coefficient (Wildman–Crippen LogP) is 5.53. The number of ketones is 1. The van der Waals surface area contributed by atoms with Gasteiger partial charge < -0.3 is 0 Å². The van der Waals surface area contributed by atoms with Crippen LogP contribution in [-0.2, 0) is 14.4 Å². The Bertz CT molecular complexity index is 2460. The SMILES string of the molecule is CN(CCCC(=O)Oc1ccc([I-]c2ccccc2)cc1)c1ccc(/C=C/C=C2\CC/C(=C\C=C\c3ccc(N(C)CCCC(=O)Oc4ccc([I-]c5ccccc5)cc4)cc3)C2=O)cc1. The molecule has 0 spiro atoms. The van der Waals surface area contributed by atoms with E-state index >= 15 is 0 Å². The monoisotopic (exact) mass is 1100 g/mol. The van der Waals surface area contributed by atoms with Gasteiger partial charge in [0, 0.05) is 11.1 Å². The Labute approximate surface area is 410 Å². The number of rotatable bonds is 20. The average molecular weight is 1100 g/mol. The van der Waals surface area contributed by atoms with Crippen molar-refractivity contribution in [3.63, 3.8) is 0 Å². The maximum absolute atomic E-state index is 13.1. The van der Waals surface area contributed by atoms with Crippen molar-refractivity contribution in [3.8, 4) is 11.5 Å². The van der Waals surface area contributed by atoms with Crippen LogP contribution >= 0.6 is 0 Å². The molecule has 1 saturated carbocycles. The summed E-state index contributed by atoms with van der Waals surface area (Å²) in [5.41, 5.74) is 5.86. The van der Waals surface area contributed by atoms with Gasteiger partial charge in [-0.15, -0.1) is 0 Å². The van der Waals surface area contributed by atoms with Crippen LogP contribution in [0.2, 0.25) is 0 Å². The number of halogens is 2. The summed E-state index contributed by atoms with van der Waals surface area (Å²) in [6.45, 7) is 1.45. The quantitative estimate of drug-likeness (QED) is 0.0432. The van der Waals surface area contributed by atoms with Crippen LogP contribution < -0.4 is 61.7 Å². The van der Waals surface area contributed by atoms with Crippen LogP contribution in [0.1, 0.15) is 49.7 Å². The second kappa shape index (κ2) is 25.0. The number of hydrogen-bond acceptors (Lipinski definition) is 7. The number of Topliss-reactive ketones (excluding diaryl/α,β-unsaturated/α-hetero) is 1. The molecular weight excluding hydrogens is 1050 g/mol. The fourth-order valence-electron chi connectivity index (χ4n) is 7.13. The van der Waals surface area contributed by atoms with Crippen LogP contribution in [0, 0.1) is 14.3 Å². The van der Waals surface area contributed by atoms with Gasteiger partial charge in [-0.2, -0.15) is 0 Å². The first-order chi connectivity index (χ1) is 32.2. The van der Waals surface area contributed by atoms with Crippen LogP contribution in [0.3, 0.4) is 0 Å². The normalized spacial score (nSPS) is 13.9. The summed E-state index contributed by atoms with van der Waals surface area (Å²) < 4.78 is 16.5. The van der Waals surface area contributed by atoms with E-state index < -0.39 is 0 Å². The number of hydrogen-bond donors (Lipinski definition) is 0. The van der Waals surface area contributed by atoms with Crippen LogP contribution in [0.25, 0.3) is 12.2 Å². The van der Waals surface area contributed by atoms with Gasteiger partial charge in [0.25, 0.3) is 0 Å². The Kier molecular flexibility index (Phi) is 18.2. The van der Waals surface area contributed by atoms with Gasteiger partial charge in [0.05, 0.1) is 0 Å². The molecule has 66 heavy (non-hydrogen) atoms. The summed E-state index contributed by atoms with van der Waals surface area (Å²) in [7, 11) is 4.05. The minimum atomic E-state index is -0.250. The van der Waals surface area contributed by atoms with Crippen molar-refractivity contribution in [1.29, 1.82) is 0 Å². The Balaban J connectivity index is 0.777. The molecular formula is C57H54I2N2O5-2. The van der Waals surface area contributed by atoms with E-state index in [1.54, 1.807) is 0 Å². The zero-order valence-corrected chi connectivity index (χ0v) is 41.6. The molecule has 7 nitrogen and oxygen atoms in total. The number of benzene rings is 6. The van der Waals surface area contributed by atoms with Crippen LogP contribution in [0.15, 0.2) is 193 Å². The molecule has 0 saturated heterocycles. The molecule has 6 aromatic rings. The van der Waals surface area contributed by atoms with Crippen molar-refractivity contribution < 1.29 is 66.3 Å². The topological polar surface area (TPSA) is 76.2 Å². The van der Waals surface area contributed by atoms with Crippen molar-refractivity contribution >= 4 is 41.2 Å². The fraction of sp³-hybridized carbons (Fsp3) is 0.175. The molecule has 6 aromatic carbocycles. The molecule has 0 bridgehead atoms. The maximum atomic E-state index is 13.1. The zero-order chi connectivity index (χ0) is 45.9. The molecule has 0 aromatic heterocycles. The molecule has 1 fully saturated rings. The van der Waals surface area contributed by atoms with Crippen molar-refractivity contribution in [2.24, 2.45) is 0 Å². The number of carbonyl (C=O) groups is 3. The number of nitrogens with zero attached hydrogens (tertiary/aromatic N) is 2. The van der Waals surface area contributed by atoms with E-state index in [0.29, 0.717) is 37.2 Å². The molecule has 0 unspecified atom stereocenters. The summed E-state index contributed by atoms with van der Waals surface area (Å²) in [5, 5.41) is 0. The molecule has 7 rings (SSSR count). The van der Waals surface area contributed by atoms with Crippen molar-refractivity contribution in [3.05, 3.63) is 219 Å². The third kappa shape index (κ3) is 15.3. The van der Waals surface area contributed by atoms with Gasteiger partial charge in [0.15, 0.2) is 5.78 Å². The van der Waals surface area contributed by atoms with E-state index in [1.165, 1.54) is 14.3 Å². The molecule has 0 radical (unpaired) electrons. The first-order valence-corrected chi connectivity index (χ1v) is 26.5. The zero-order valence-electron chi connectivity index (χ0n) is 37.3. The second-order valence-corrected chi connectivity index (χ2v) is 21.9. The molecule has 1 aliphatic carbocycles. The van der Waals surface area contributed by atoms with Crippen LogP contribution in [-0.4, -0.2) is 44.9 Å². The first-order valence-electron chi connectivity index (χ1n) is 22.2. The number of carbonyl (C=O) groups excluding carboxylic acids is 3. The number of esters is 2. The van der Waals surface area contributed by atoms with Gasteiger partial charge in [0.2, 0.25) is 0 Å². The minimum absolute atomic E-state index is 0.0990. The van der Waals surface area contributed by atoms with Gasteiger partial charge in [-0.25, -0.2) is 0 Å². The van der Waals surface area contributed by atoms with Crippen LogP contribution in [0.5, 0.6) is 11.5 Å². The van der Waals surface area contributed by atoms with E-state index in [9.17, 15) is 14.4 Å². The van der Waals surface area contributed by atoms with E-state index in [1.807, 2.05) is 86.9 Å². The number of ether oxygens (including phenoxy) is 2. The second-order valence-electron chi connectivity index (χ2n) is 15.8. The van der Waals surface area contributed by atoms with Crippen molar-refractivity contribution in [1.82, 2.24) is 0 Å². The first kappa shape index (κ1) is 47.9. The Morgan fingerprint density at radius 1 is 0.500 bits per heavy atom. The standard InChI is InChI=1S/C57H54I2N2O5/c1-60(41-11-21-55(62)65-53-37-29-49(30-38-53)58-47-17-5-3-6-18-47)51-33-23-43(24-34-51)13-9-15-45-27-28-46(57(45)64)16-10-14-44-25-35-52(36-26-44)61(2)42-12-22-56(63)66-54-39-31-50(32-40-54)59-48-19-7-4-8-20-48/h3-10,13-20,23-26,29-40H,11-12,21-22,27-28,41-42H2,1-2H3/q-2/b13-9+,14-10+,45-15+,46-16+. The molecule has 0 N–H and O–H groups in total. The van der Waals surface area contributed by atoms with Gasteiger partial charge in [-0.1, -0.05) is 60.7 Å². The van der Waals surface area contributed by atoms with E-state index in [2.05, 4.69) is 131 Å². The van der Waals surface area contributed by atoms with Gasteiger partial charge in [-0.05, 0) is 24.0 Å². The summed E-state index contributed by atoms with van der Waals surface area (Å²) in [6, 6.07) is 53.2. The summed E-state index contributed by atoms with van der Waals surface area (Å²) in [5.74, 6) is 0.825. The Hall–Kier alpha value is -6.05. The van der Waals surface area contributed by atoms with Crippen LogP contribution in [0.4, 0.5) is 11.4 Å². The average Bonchev–Trinajstić information content (AvgIpc) is 3.69. The molecule has 0 heterocycles. The van der Waals surface area contributed by atoms with Crippen molar-refractivity contribution in [2.45, 2.75) is 38.5 Å². The van der Waals surface area contributed by atoms with E-state index in [4.69, 9.17) is 9.47 Å². The smallest absolute Gasteiger partial charge is 0.289 e. The molecule has 0 aliphatic heterocycles. The third-order valence-electron chi connectivity index (χ3n) is 10.8. The predicted molar refractivity (Wildman–Crippen MR) is 258 cm³/mol. The van der Waals surface area contributed by atoms with Gasteiger partial charge >= 0.3 is 307 Å². The van der Waals surface area contributed by atoms with Gasteiger partial charge in [-0.3, -0.25) is 4.79 Å². The molecule has 0 atom stereocenters. The van der Waals surface area contributed by atoms with E-state index in [-0.39, 0.29) is 60.1 Å². The molecule has 0 amide bonds. The third-order valence-corrected chi connectivity index (χ3v) is 16.2. The minimum Gasteiger partial charge on any atom is -0.289 e. The summed E-state index contributed by atoms with van der Waals surface area (Å²) in [6.07, 6.45) is 15.3. The summed E-state index contributed by atoms with van der Waals surface area (Å²) in [4.78, 5) is 42.5. The Morgan fingerprint density at radius 2 is 0.864 bits per heavy atom. The van der Waals surface area contributed by atoms with Crippen molar-refractivity contribution in [2.75, 3.05) is 37.0 Å². The summed E-state index contributed by atoms with van der Waals surface area (Å²) >= 11 is -0.500. The molecule has 1 aliphatic rings. The molecule has 338 valence electrons. The van der Waals surface area contributed by atoms with E-state index in [0.717, 1.165) is 59.6 Å². The number of anilines is 2. The fourth-order valence-corrected chi connectivity index (χ4v) is 11.6.